The van der Waals surface area contributed by atoms with Crippen molar-refractivity contribution in [1.82, 2.24) is 5.43 Å². The van der Waals surface area contributed by atoms with Crippen LogP contribution in [0, 0.1) is 0 Å². The van der Waals surface area contributed by atoms with Crippen molar-refractivity contribution in [3.8, 4) is 0 Å². The smallest absolute Gasteiger partial charge is 0.251 e. The van der Waals surface area contributed by atoms with Crippen LogP contribution in [0.5, 0.6) is 0 Å². The van der Waals surface area contributed by atoms with Crippen LogP contribution in [-0.4, -0.2) is 11.2 Å². The van der Waals surface area contributed by atoms with Gasteiger partial charge in [-0.05, 0) is 11.6 Å². The summed E-state index contributed by atoms with van der Waals surface area (Å²) in [5.41, 5.74) is 3.27. The third-order valence-electron chi connectivity index (χ3n) is 1.79. The molecule has 0 spiro atoms. The van der Waals surface area contributed by atoms with Crippen LogP contribution in [0.25, 0.3) is 0 Å². The number of thioether (sulfide) groups is 1. The lowest BCUT2D eigenvalue weighted by Crippen LogP contribution is -2.36. The number of rotatable bonds is 1. The monoisotopic (exact) mass is 180 g/mol. The van der Waals surface area contributed by atoms with Gasteiger partial charge in [-0.3, -0.25) is 10.2 Å². The summed E-state index contributed by atoms with van der Waals surface area (Å²) < 4.78 is 0. The molecule has 2 aliphatic rings. The molecule has 0 saturated heterocycles. The minimum atomic E-state index is -0.152. The molecule has 1 aliphatic heterocycles. The number of hydrogen-bond acceptors (Lipinski definition) is 3. The zero-order chi connectivity index (χ0) is 8.55. The quantitative estimate of drug-likeness (QED) is 0.350. The lowest BCUT2D eigenvalue weighted by atomic mass is 10.2. The van der Waals surface area contributed by atoms with E-state index in [4.69, 9.17) is 5.84 Å². The molecule has 0 aromatic heterocycles. The number of nitrogens with one attached hydrogen (secondary N) is 1. The minimum Gasteiger partial charge on any atom is -0.293 e. The molecule has 1 heterocycles. The zero-order valence-electron chi connectivity index (χ0n) is 6.28. The summed E-state index contributed by atoms with van der Waals surface area (Å²) in [4.78, 5) is 12.2. The van der Waals surface area contributed by atoms with E-state index in [1.165, 1.54) is 11.8 Å². The van der Waals surface area contributed by atoms with Crippen LogP contribution in [0.2, 0.25) is 0 Å². The molecule has 0 fully saturated rings. The highest BCUT2D eigenvalue weighted by atomic mass is 32.2. The van der Waals surface area contributed by atoms with Gasteiger partial charge >= 0.3 is 0 Å². The molecule has 0 aromatic carbocycles. The van der Waals surface area contributed by atoms with Gasteiger partial charge in [-0.25, -0.2) is 5.84 Å². The van der Waals surface area contributed by atoms with E-state index in [1.54, 1.807) is 0 Å². The average Bonchev–Trinajstić information content (AvgIpc) is 2.60. The van der Waals surface area contributed by atoms with E-state index in [-0.39, 0.29) is 11.2 Å². The van der Waals surface area contributed by atoms with E-state index < -0.39 is 0 Å². The topological polar surface area (TPSA) is 55.1 Å². The zero-order valence-corrected chi connectivity index (χ0v) is 7.10. The molecule has 1 amide bonds. The maximum Gasteiger partial charge on any atom is 0.251 e. The molecule has 0 saturated carbocycles. The summed E-state index contributed by atoms with van der Waals surface area (Å²) in [5, 5.41) is -0.152. The largest absolute Gasteiger partial charge is 0.293 e. The van der Waals surface area contributed by atoms with Crippen LogP contribution in [0.1, 0.15) is 0 Å². The van der Waals surface area contributed by atoms with E-state index in [0.717, 1.165) is 10.5 Å². The number of allylic oxidation sites excluding steroid dienone is 4. The Morgan fingerprint density at radius 2 is 2.50 bits per heavy atom. The second-order valence-corrected chi connectivity index (χ2v) is 3.74. The summed E-state index contributed by atoms with van der Waals surface area (Å²) in [6, 6.07) is 0. The molecule has 1 atom stereocenters. The molecule has 62 valence electrons. The summed E-state index contributed by atoms with van der Waals surface area (Å²) in [5.74, 6) is 4.88. The van der Waals surface area contributed by atoms with Crippen molar-refractivity contribution in [2.75, 3.05) is 0 Å². The highest BCUT2D eigenvalue weighted by Crippen LogP contribution is 2.40. The van der Waals surface area contributed by atoms with E-state index in [0.29, 0.717) is 0 Å². The Kier molecular flexibility index (Phi) is 1.78. The molecular formula is C8H8N2OS. The Balaban J connectivity index is 2.18. The summed E-state index contributed by atoms with van der Waals surface area (Å²) in [6.07, 6.45) is 7.89. The normalized spacial score (nSPS) is 24.9. The van der Waals surface area contributed by atoms with Gasteiger partial charge in [0.2, 0.25) is 0 Å². The summed E-state index contributed by atoms with van der Waals surface area (Å²) in [6.45, 7) is 0. The average molecular weight is 180 g/mol. The third kappa shape index (κ3) is 1.09. The van der Waals surface area contributed by atoms with Crippen molar-refractivity contribution in [3.63, 3.8) is 0 Å². The van der Waals surface area contributed by atoms with Crippen molar-refractivity contribution in [3.05, 3.63) is 34.8 Å². The van der Waals surface area contributed by atoms with E-state index in [2.05, 4.69) is 5.43 Å². The molecule has 12 heavy (non-hydrogen) atoms. The van der Waals surface area contributed by atoms with Crippen molar-refractivity contribution >= 4 is 17.7 Å². The van der Waals surface area contributed by atoms with Gasteiger partial charge in [0.05, 0.1) is 0 Å². The molecular weight excluding hydrogens is 172 g/mol. The van der Waals surface area contributed by atoms with Crippen LogP contribution in [-0.2, 0) is 4.79 Å². The Hall–Kier alpha value is -1.00. The standard InChI is InChI=1S/C8H8N2OS/c9-10-8(11)7-4-5-2-1-3-6(5)12-7/h1-4,7H,9H2,(H,10,11). The van der Waals surface area contributed by atoms with Crippen LogP contribution in [0.4, 0.5) is 0 Å². The maximum atomic E-state index is 11.1. The maximum absolute atomic E-state index is 11.1. The third-order valence-corrected chi connectivity index (χ3v) is 3.02. The van der Waals surface area contributed by atoms with Crippen LogP contribution >= 0.6 is 11.8 Å². The molecule has 3 nitrogen and oxygen atoms in total. The highest BCUT2D eigenvalue weighted by molar-refractivity contribution is 8.05. The molecule has 1 unspecified atom stereocenters. The Labute approximate surface area is 74.4 Å². The first-order chi connectivity index (χ1) is 5.81. The number of hydrazine groups is 1. The van der Waals surface area contributed by atoms with Gasteiger partial charge in [0.15, 0.2) is 0 Å². The predicted octanol–water partition coefficient (Wildman–Crippen LogP) is 0.472. The number of amides is 1. The van der Waals surface area contributed by atoms with Gasteiger partial charge in [-0.1, -0.05) is 18.2 Å². The number of hydrogen-bond donors (Lipinski definition) is 2. The second kappa shape index (κ2) is 2.80. The molecule has 0 bridgehead atoms. The number of carbonyl (C=O) groups is 1. The molecule has 1 aliphatic carbocycles. The number of fused-ring (bicyclic) bond motifs is 1. The van der Waals surface area contributed by atoms with Gasteiger partial charge in [-0.15, -0.1) is 11.8 Å². The van der Waals surface area contributed by atoms with Crippen LogP contribution in [0.15, 0.2) is 34.8 Å². The highest BCUT2D eigenvalue weighted by Gasteiger charge is 2.26. The van der Waals surface area contributed by atoms with Crippen molar-refractivity contribution in [2.24, 2.45) is 5.84 Å². The predicted molar refractivity (Wildman–Crippen MR) is 49.0 cm³/mol. The Bertz CT molecular complexity index is 317. The second-order valence-electron chi connectivity index (χ2n) is 2.56. The summed E-state index contributed by atoms with van der Waals surface area (Å²) in [7, 11) is 0. The first-order valence-corrected chi connectivity index (χ1v) is 4.47. The van der Waals surface area contributed by atoms with Gasteiger partial charge < -0.3 is 0 Å². The van der Waals surface area contributed by atoms with E-state index >= 15 is 0 Å². The molecule has 3 N–H and O–H groups in total. The summed E-state index contributed by atoms with van der Waals surface area (Å²) >= 11 is 1.53. The van der Waals surface area contributed by atoms with Gasteiger partial charge in [0, 0.05) is 4.91 Å². The lowest BCUT2D eigenvalue weighted by Gasteiger charge is -2.03. The minimum absolute atomic E-state index is 0.142. The fraction of sp³-hybridized carbons (Fsp3) is 0.125. The lowest BCUT2D eigenvalue weighted by molar-refractivity contribution is -0.119. The molecule has 4 heteroatoms. The van der Waals surface area contributed by atoms with Crippen LogP contribution in [0.3, 0.4) is 0 Å². The fourth-order valence-electron chi connectivity index (χ4n) is 1.21. The SMILES string of the molecule is NNC(=O)C1C=C2C=CC=C2S1. The van der Waals surface area contributed by atoms with E-state index in [9.17, 15) is 4.79 Å². The van der Waals surface area contributed by atoms with E-state index in [1.807, 2.05) is 24.3 Å². The number of carbonyl (C=O) groups excluding carboxylic acids is 1. The van der Waals surface area contributed by atoms with Gasteiger partial charge in [0.1, 0.15) is 5.25 Å². The van der Waals surface area contributed by atoms with Crippen molar-refractivity contribution < 1.29 is 4.79 Å². The first kappa shape index (κ1) is 7.64. The number of nitrogens with two attached hydrogens (primary N) is 1. The van der Waals surface area contributed by atoms with Crippen molar-refractivity contribution in [1.29, 1.82) is 0 Å². The van der Waals surface area contributed by atoms with Crippen molar-refractivity contribution in [2.45, 2.75) is 5.25 Å². The van der Waals surface area contributed by atoms with Crippen LogP contribution < -0.4 is 11.3 Å². The van der Waals surface area contributed by atoms with Gasteiger partial charge in [-0.2, -0.15) is 0 Å². The van der Waals surface area contributed by atoms with Gasteiger partial charge in [0.25, 0.3) is 5.91 Å². The Morgan fingerprint density at radius 1 is 1.67 bits per heavy atom. The first-order valence-electron chi connectivity index (χ1n) is 3.59. The molecule has 2 rings (SSSR count). The fourth-order valence-corrected chi connectivity index (χ4v) is 2.30. The molecule has 0 aromatic rings. The Morgan fingerprint density at radius 3 is 3.17 bits per heavy atom. The molecule has 0 radical (unpaired) electrons.